The van der Waals surface area contributed by atoms with E-state index in [1.807, 2.05) is 34.1 Å². The molecule has 2 aliphatic heterocycles. The van der Waals surface area contributed by atoms with E-state index < -0.39 is 0 Å². The number of carbonyl (C=O) groups is 2. The number of methoxy groups -OCH3 is 1. The number of halogens is 1. The predicted molar refractivity (Wildman–Crippen MR) is 117 cm³/mol. The Hall–Kier alpha value is -1.79. The van der Waals surface area contributed by atoms with Crippen LogP contribution in [0.3, 0.4) is 0 Å². The predicted octanol–water partition coefficient (Wildman–Crippen LogP) is 2.50. The van der Waals surface area contributed by atoms with Crippen LogP contribution in [0.15, 0.2) is 24.3 Å². The molecule has 1 N–H and O–H groups in total. The van der Waals surface area contributed by atoms with Gasteiger partial charge in [-0.2, -0.15) is 0 Å². The minimum absolute atomic E-state index is 0. The van der Waals surface area contributed by atoms with Crippen molar-refractivity contribution >= 4 is 24.2 Å². The van der Waals surface area contributed by atoms with Gasteiger partial charge in [0, 0.05) is 44.6 Å². The van der Waals surface area contributed by atoms with Crippen molar-refractivity contribution in [3.63, 3.8) is 0 Å². The lowest BCUT2D eigenvalue weighted by Gasteiger charge is -2.31. The molecule has 0 aliphatic carbocycles. The SMILES string of the molecule is COc1ccc(CCC(=O)N2CCCN(C(=O)[C@H]3CCN[C@@H](C)C3)CC2)cc1.Cl. The third-order valence-electron chi connectivity index (χ3n) is 5.92. The molecule has 0 spiro atoms. The van der Waals surface area contributed by atoms with Gasteiger partial charge in [-0.1, -0.05) is 12.1 Å². The zero-order valence-corrected chi connectivity index (χ0v) is 18.4. The van der Waals surface area contributed by atoms with Gasteiger partial charge in [0.2, 0.25) is 11.8 Å². The first-order valence-corrected chi connectivity index (χ1v) is 10.5. The molecule has 2 aliphatic rings. The molecule has 2 amide bonds. The summed E-state index contributed by atoms with van der Waals surface area (Å²) in [6.07, 6.45) is 3.94. The molecule has 0 radical (unpaired) electrons. The first kappa shape index (κ1) is 23.5. The van der Waals surface area contributed by atoms with Crippen LogP contribution < -0.4 is 10.1 Å². The molecular weight excluding hydrogens is 390 g/mol. The zero-order chi connectivity index (χ0) is 19.9. The number of amides is 2. The van der Waals surface area contributed by atoms with Crippen LogP contribution in [0.2, 0.25) is 0 Å². The summed E-state index contributed by atoms with van der Waals surface area (Å²) in [6.45, 7) is 5.87. The van der Waals surface area contributed by atoms with E-state index in [1.54, 1.807) is 7.11 Å². The molecule has 0 aromatic heterocycles. The average molecular weight is 424 g/mol. The summed E-state index contributed by atoms with van der Waals surface area (Å²) in [5.74, 6) is 1.42. The quantitative estimate of drug-likeness (QED) is 0.790. The summed E-state index contributed by atoms with van der Waals surface area (Å²) >= 11 is 0. The summed E-state index contributed by atoms with van der Waals surface area (Å²) < 4.78 is 5.17. The Kier molecular flexibility index (Phi) is 9.24. The van der Waals surface area contributed by atoms with E-state index in [1.165, 1.54) is 0 Å². The minimum atomic E-state index is 0. The lowest BCUT2D eigenvalue weighted by atomic mass is 9.92. The van der Waals surface area contributed by atoms with Crippen molar-refractivity contribution in [3.8, 4) is 5.75 Å². The molecule has 29 heavy (non-hydrogen) atoms. The fourth-order valence-corrected chi connectivity index (χ4v) is 4.20. The Labute approximate surface area is 180 Å². The normalized spacial score (nSPS) is 22.4. The summed E-state index contributed by atoms with van der Waals surface area (Å²) in [7, 11) is 1.65. The maximum absolute atomic E-state index is 12.9. The number of rotatable bonds is 5. The first-order chi connectivity index (χ1) is 13.6. The number of hydrogen-bond donors (Lipinski definition) is 1. The van der Waals surface area contributed by atoms with E-state index in [4.69, 9.17) is 4.74 Å². The van der Waals surface area contributed by atoms with Gasteiger partial charge in [0.15, 0.2) is 0 Å². The highest BCUT2D eigenvalue weighted by Gasteiger charge is 2.30. The molecule has 0 bridgehead atoms. The molecule has 0 saturated carbocycles. The van der Waals surface area contributed by atoms with E-state index in [-0.39, 0.29) is 30.1 Å². The van der Waals surface area contributed by atoms with Gasteiger partial charge in [0.1, 0.15) is 5.75 Å². The number of benzene rings is 1. The Balaban J connectivity index is 0.00000300. The number of nitrogens with zero attached hydrogens (tertiary/aromatic N) is 2. The summed E-state index contributed by atoms with van der Waals surface area (Å²) in [5, 5.41) is 3.41. The third-order valence-corrected chi connectivity index (χ3v) is 5.92. The Morgan fingerprint density at radius 3 is 2.48 bits per heavy atom. The molecule has 162 valence electrons. The van der Waals surface area contributed by atoms with Crippen LogP contribution >= 0.6 is 12.4 Å². The lowest BCUT2D eigenvalue weighted by molar-refractivity contribution is -0.137. The van der Waals surface area contributed by atoms with Gasteiger partial charge in [-0.3, -0.25) is 9.59 Å². The summed E-state index contributed by atoms with van der Waals surface area (Å²) in [6, 6.07) is 8.28. The fraction of sp³-hybridized carbons (Fsp3) is 0.636. The molecule has 2 fully saturated rings. The van der Waals surface area contributed by atoms with Crippen molar-refractivity contribution in [1.29, 1.82) is 0 Å². The largest absolute Gasteiger partial charge is 0.497 e. The maximum Gasteiger partial charge on any atom is 0.225 e. The van der Waals surface area contributed by atoms with Gasteiger partial charge in [-0.25, -0.2) is 0 Å². The first-order valence-electron chi connectivity index (χ1n) is 10.5. The highest BCUT2D eigenvalue weighted by atomic mass is 35.5. The number of ether oxygens (including phenoxy) is 1. The molecular formula is C22H34ClN3O3. The smallest absolute Gasteiger partial charge is 0.225 e. The van der Waals surface area contributed by atoms with Crippen LogP contribution in [0.4, 0.5) is 0 Å². The topological polar surface area (TPSA) is 61.9 Å². The fourth-order valence-electron chi connectivity index (χ4n) is 4.20. The number of aryl methyl sites for hydroxylation is 1. The Bertz CT molecular complexity index is 668. The molecule has 2 atom stereocenters. The highest BCUT2D eigenvalue weighted by Crippen LogP contribution is 2.20. The second-order valence-electron chi connectivity index (χ2n) is 7.98. The van der Waals surface area contributed by atoms with E-state index in [2.05, 4.69) is 12.2 Å². The third kappa shape index (κ3) is 6.61. The Morgan fingerprint density at radius 2 is 1.79 bits per heavy atom. The minimum Gasteiger partial charge on any atom is -0.497 e. The molecule has 6 nitrogen and oxygen atoms in total. The van der Waals surface area contributed by atoms with Crippen LogP contribution in [-0.2, 0) is 16.0 Å². The van der Waals surface area contributed by atoms with Crippen LogP contribution in [0, 0.1) is 5.92 Å². The summed E-state index contributed by atoms with van der Waals surface area (Å²) in [4.78, 5) is 29.5. The Morgan fingerprint density at radius 1 is 1.10 bits per heavy atom. The van der Waals surface area contributed by atoms with Gasteiger partial charge in [0.25, 0.3) is 0 Å². The average Bonchev–Trinajstić information content (AvgIpc) is 2.98. The standard InChI is InChI=1S/C22H33N3O3.ClH/c1-17-16-19(10-11-23-17)22(27)25-13-3-12-24(14-15-25)21(26)9-6-18-4-7-20(28-2)8-5-18;/h4-5,7-8,17,19,23H,3,6,9-16H2,1-2H3;1H/t17-,19-;/m0./s1. The number of piperidine rings is 1. The maximum atomic E-state index is 12.9. The van der Waals surface area contributed by atoms with Crippen molar-refractivity contribution in [3.05, 3.63) is 29.8 Å². The molecule has 0 unspecified atom stereocenters. The van der Waals surface area contributed by atoms with Crippen LogP contribution in [-0.4, -0.2) is 67.5 Å². The summed E-state index contributed by atoms with van der Waals surface area (Å²) in [5.41, 5.74) is 1.14. The number of hydrogen-bond acceptors (Lipinski definition) is 4. The molecule has 2 saturated heterocycles. The van der Waals surface area contributed by atoms with Gasteiger partial charge in [-0.05, 0) is 56.8 Å². The zero-order valence-electron chi connectivity index (χ0n) is 17.6. The van der Waals surface area contributed by atoms with Crippen molar-refractivity contribution in [1.82, 2.24) is 15.1 Å². The van der Waals surface area contributed by atoms with Crippen LogP contribution in [0.25, 0.3) is 0 Å². The van der Waals surface area contributed by atoms with E-state index in [0.29, 0.717) is 25.6 Å². The molecule has 2 heterocycles. The number of carbonyl (C=O) groups excluding carboxylic acids is 2. The van der Waals surface area contributed by atoms with E-state index in [0.717, 1.165) is 56.6 Å². The second kappa shape index (κ2) is 11.4. The van der Waals surface area contributed by atoms with Crippen molar-refractivity contribution in [2.24, 2.45) is 5.92 Å². The number of nitrogens with one attached hydrogen (secondary N) is 1. The van der Waals surface area contributed by atoms with Gasteiger partial charge in [0.05, 0.1) is 7.11 Å². The molecule has 7 heteroatoms. The van der Waals surface area contributed by atoms with Gasteiger partial charge in [-0.15, -0.1) is 12.4 Å². The highest BCUT2D eigenvalue weighted by molar-refractivity contribution is 5.85. The van der Waals surface area contributed by atoms with Crippen molar-refractivity contribution < 1.29 is 14.3 Å². The molecule has 3 rings (SSSR count). The van der Waals surface area contributed by atoms with E-state index in [9.17, 15) is 9.59 Å². The monoisotopic (exact) mass is 423 g/mol. The van der Waals surface area contributed by atoms with Crippen molar-refractivity contribution in [2.75, 3.05) is 39.8 Å². The van der Waals surface area contributed by atoms with Crippen LogP contribution in [0.1, 0.15) is 38.2 Å². The second-order valence-corrected chi connectivity index (χ2v) is 7.98. The van der Waals surface area contributed by atoms with Gasteiger partial charge >= 0.3 is 0 Å². The van der Waals surface area contributed by atoms with Crippen LogP contribution in [0.5, 0.6) is 5.75 Å². The lowest BCUT2D eigenvalue weighted by Crippen LogP contribution is -2.45. The van der Waals surface area contributed by atoms with E-state index >= 15 is 0 Å². The van der Waals surface area contributed by atoms with Gasteiger partial charge < -0.3 is 19.9 Å². The molecule has 1 aromatic carbocycles. The van der Waals surface area contributed by atoms with Crippen molar-refractivity contribution in [2.45, 2.75) is 45.1 Å². The molecule has 1 aromatic rings.